The monoisotopic (exact) mass is 476 g/mol. The van der Waals surface area contributed by atoms with Crippen molar-refractivity contribution >= 4 is 21.6 Å². The molecule has 0 saturated carbocycles. The molecule has 0 bridgehead atoms. The molecule has 2 aromatic rings. The molecule has 1 aliphatic rings. The lowest BCUT2D eigenvalue weighted by molar-refractivity contribution is -0.0136. The van der Waals surface area contributed by atoms with Crippen LogP contribution in [-0.2, 0) is 14.8 Å². The third-order valence-electron chi connectivity index (χ3n) is 5.07. The van der Waals surface area contributed by atoms with Crippen LogP contribution in [-0.4, -0.2) is 56.1 Å². The van der Waals surface area contributed by atoms with Gasteiger partial charge in [0.1, 0.15) is 10.7 Å². The Morgan fingerprint density at radius 1 is 1.12 bits per heavy atom. The van der Waals surface area contributed by atoms with Crippen LogP contribution in [0.5, 0.6) is 0 Å². The van der Waals surface area contributed by atoms with Crippen LogP contribution >= 0.6 is 0 Å². The van der Waals surface area contributed by atoms with E-state index in [0.29, 0.717) is 25.0 Å². The number of carbonyl (C=O) groups excluding carboxylic acids is 1. The van der Waals surface area contributed by atoms with Crippen molar-refractivity contribution in [2.45, 2.75) is 29.9 Å². The smallest absolute Gasteiger partial charge is 0.255 e. The lowest BCUT2D eigenvalue weighted by Crippen LogP contribution is -2.40. The maximum Gasteiger partial charge on any atom is 0.255 e. The first kappa shape index (κ1) is 24.1. The minimum absolute atomic E-state index is 0.00322. The van der Waals surface area contributed by atoms with Crippen molar-refractivity contribution < 1.29 is 40.6 Å². The molecule has 7 nitrogen and oxygen atoms in total. The number of hydrogen-bond donors (Lipinski definition) is 2. The zero-order valence-corrected chi connectivity index (χ0v) is 17.6. The quantitative estimate of drug-likeness (QED) is 0.511. The number of rotatable bonds is 5. The predicted molar refractivity (Wildman–Crippen MR) is 105 cm³/mol. The number of methoxy groups -OCH3 is 1. The van der Waals surface area contributed by atoms with Gasteiger partial charge in [0.05, 0.1) is 12.2 Å². The molecule has 1 fully saturated rings. The summed E-state index contributed by atoms with van der Waals surface area (Å²) in [4.78, 5) is 11.6. The van der Waals surface area contributed by atoms with Gasteiger partial charge in [0.25, 0.3) is 5.91 Å². The zero-order valence-electron chi connectivity index (χ0n) is 16.8. The van der Waals surface area contributed by atoms with Crippen LogP contribution in [0.3, 0.4) is 0 Å². The van der Waals surface area contributed by atoms with Crippen molar-refractivity contribution in [1.29, 1.82) is 0 Å². The van der Waals surface area contributed by atoms with Crippen LogP contribution in [0, 0.1) is 23.3 Å². The number of carbonyl (C=O) groups is 1. The van der Waals surface area contributed by atoms with E-state index >= 15 is 0 Å². The highest BCUT2D eigenvalue weighted by Gasteiger charge is 2.34. The van der Waals surface area contributed by atoms with Gasteiger partial charge < -0.3 is 15.2 Å². The van der Waals surface area contributed by atoms with Gasteiger partial charge in [-0.25, -0.2) is 26.0 Å². The second kappa shape index (κ2) is 9.53. The number of aliphatic hydroxyl groups is 1. The minimum atomic E-state index is -4.44. The van der Waals surface area contributed by atoms with Crippen molar-refractivity contribution in [3.05, 3.63) is 59.2 Å². The Morgan fingerprint density at radius 2 is 1.78 bits per heavy atom. The minimum Gasteiger partial charge on any atom is -0.389 e. The molecule has 2 N–H and O–H groups in total. The van der Waals surface area contributed by atoms with Crippen molar-refractivity contribution in [3.63, 3.8) is 0 Å². The fraction of sp³-hybridized carbons (Fsp3) is 0.350. The van der Waals surface area contributed by atoms with Crippen LogP contribution in [0.15, 0.2) is 35.2 Å². The number of benzene rings is 2. The fourth-order valence-electron chi connectivity index (χ4n) is 3.38. The van der Waals surface area contributed by atoms with Crippen LogP contribution in [0.1, 0.15) is 23.2 Å². The van der Waals surface area contributed by atoms with Crippen LogP contribution < -0.4 is 5.32 Å². The molecule has 0 radical (unpaired) electrons. The van der Waals surface area contributed by atoms with Crippen molar-refractivity contribution in [2.75, 3.05) is 25.5 Å². The number of hydrogen-bond acceptors (Lipinski definition) is 5. The van der Waals surface area contributed by atoms with Crippen LogP contribution in [0.25, 0.3) is 0 Å². The summed E-state index contributed by atoms with van der Waals surface area (Å²) in [5.41, 5.74) is -0.735. The number of β-amino-alcohol motifs (C(OH)–C–C–N with tert-alkyl or cyclic N) is 1. The molecule has 32 heavy (non-hydrogen) atoms. The molecule has 0 aromatic heterocycles. The summed E-state index contributed by atoms with van der Waals surface area (Å²) >= 11 is 0. The first-order valence-corrected chi connectivity index (χ1v) is 10.9. The Kier molecular flexibility index (Phi) is 7.18. The fourth-order valence-corrected chi connectivity index (χ4v) is 4.97. The number of aliphatic hydroxyl groups excluding tert-OH is 1. The van der Waals surface area contributed by atoms with E-state index in [1.165, 1.54) is 7.11 Å². The highest BCUT2D eigenvalue weighted by molar-refractivity contribution is 7.89. The highest BCUT2D eigenvalue weighted by Crippen LogP contribution is 2.25. The lowest BCUT2D eigenvalue weighted by Gasteiger charge is -2.24. The number of ether oxygens (including phenoxy) is 1. The molecule has 3 rings (SSSR count). The number of sulfonamides is 1. The topological polar surface area (TPSA) is 95.9 Å². The lowest BCUT2D eigenvalue weighted by atomic mass is 10.1. The van der Waals surface area contributed by atoms with Gasteiger partial charge >= 0.3 is 0 Å². The van der Waals surface area contributed by atoms with E-state index in [1.807, 2.05) is 0 Å². The summed E-state index contributed by atoms with van der Waals surface area (Å²) in [7, 11) is -3.05. The third-order valence-corrected chi connectivity index (χ3v) is 6.95. The van der Waals surface area contributed by atoms with Crippen LogP contribution in [0.4, 0.5) is 23.2 Å². The largest absolute Gasteiger partial charge is 0.389 e. The maximum atomic E-state index is 14.4. The van der Waals surface area contributed by atoms with E-state index in [4.69, 9.17) is 4.74 Å². The van der Waals surface area contributed by atoms with E-state index in [1.54, 1.807) is 0 Å². The van der Waals surface area contributed by atoms with Gasteiger partial charge in [-0.05, 0) is 31.0 Å². The van der Waals surface area contributed by atoms with Crippen molar-refractivity contribution in [3.8, 4) is 0 Å². The van der Waals surface area contributed by atoms with Gasteiger partial charge in [0.2, 0.25) is 10.0 Å². The Hall–Kier alpha value is -2.54. The van der Waals surface area contributed by atoms with E-state index in [-0.39, 0.29) is 18.7 Å². The van der Waals surface area contributed by atoms with E-state index in [0.717, 1.165) is 22.5 Å². The zero-order chi connectivity index (χ0) is 23.6. The second-order valence-corrected chi connectivity index (χ2v) is 9.11. The first-order chi connectivity index (χ1) is 15.0. The molecule has 0 aliphatic carbocycles. The van der Waals surface area contributed by atoms with Gasteiger partial charge in [-0.15, -0.1) is 0 Å². The summed E-state index contributed by atoms with van der Waals surface area (Å²) in [6.45, 7) is -0.325. The Balaban J connectivity index is 1.88. The average molecular weight is 476 g/mol. The first-order valence-electron chi connectivity index (χ1n) is 9.51. The Morgan fingerprint density at radius 3 is 2.41 bits per heavy atom. The molecule has 2 aromatic carbocycles. The van der Waals surface area contributed by atoms with Gasteiger partial charge in [0, 0.05) is 43.6 Å². The molecule has 1 saturated heterocycles. The SMILES string of the molecule is COC1CCCN(S(=O)(=O)c2cc(C(=O)Nc3cc(F)c(F)c(F)c3)ccc2F)CC1O. The summed E-state index contributed by atoms with van der Waals surface area (Å²) in [6.07, 6.45) is -0.943. The number of nitrogens with one attached hydrogen (secondary N) is 1. The summed E-state index contributed by atoms with van der Waals surface area (Å²) < 4.78 is 86.3. The third kappa shape index (κ3) is 4.93. The van der Waals surface area contributed by atoms with Gasteiger partial charge in [-0.3, -0.25) is 4.79 Å². The normalized spacial score (nSPS) is 20.1. The second-order valence-electron chi connectivity index (χ2n) is 7.20. The van der Waals surface area contributed by atoms with Gasteiger partial charge in [0.15, 0.2) is 17.5 Å². The Bertz CT molecular complexity index is 1110. The number of halogens is 4. The number of anilines is 1. The standard InChI is InChI=1S/C20H20F4N2O5S/c1-31-17-3-2-6-26(10-16(17)27)32(29,30)18-7-11(4-5-13(18)21)20(28)25-12-8-14(22)19(24)15(23)9-12/h4-5,7-9,16-17,27H,2-3,6,10H2,1H3,(H,25,28). The maximum absolute atomic E-state index is 14.4. The molecule has 2 atom stereocenters. The average Bonchev–Trinajstić information content (AvgIpc) is 2.93. The predicted octanol–water partition coefficient (Wildman–Crippen LogP) is 2.66. The van der Waals surface area contributed by atoms with Crippen molar-refractivity contribution in [2.24, 2.45) is 0 Å². The van der Waals surface area contributed by atoms with Gasteiger partial charge in [-0.1, -0.05) is 0 Å². The van der Waals surface area contributed by atoms with E-state index in [2.05, 4.69) is 5.32 Å². The number of nitrogens with zero attached hydrogens (tertiary/aromatic N) is 1. The highest BCUT2D eigenvalue weighted by atomic mass is 32.2. The molecule has 1 heterocycles. The molecule has 2 unspecified atom stereocenters. The van der Waals surface area contributed by atoms with Crippen LogP contribution in [0.2, 0.25) is 0 Å². The summed E-state index contributed by atoms with van der Waals surface area (Å²) in [5, 5.41) is 12.3. The van der Waals surface area contributed by atoms with E-state index in [9.17, 15) is 35.9 Å². The Labute approximate surface area is 181 Å². The molecular weight excluding hydrogens is 456 g/mol. The molecule has 174 valence electrons. The molecule has 1 aliphatic heterocycles. The number of amides is 1. The summed E-state index contributed by atoms with van der Waals surface area (Å²) in [5.74, 6) is -6.90. The molecule has 0 spiro atoms. The molecule has 1 amide bonds. The van der Waals surface area contributed by atoms with Gasteiger partial charge in [-0.2, -0.15) is 4.31 Å². The van der Waals surface area contributed by atoms with E-state index < -0.39 is 62.0 Å². The molecule has 12 heteroatoms. The molecular formula is C20H20F4N2O5S. The van der Waals surface area contributed by atoms with Crippen molar-refractivity contribution in [1.82, 2.24) is 4.31 Å². The summed E-state index contributed by atoms with van der Waals surface area (Å²) in [6, 6.07) is 3.62.